The standard InChI is InChI=1S/C34H76O15Si8/c1-27(2)20-51-38-50(17-15-16-37-19-34(36)18-35)39-52(21-28(3)4)43-54(41-51,23-30(7)8)47-57(26-33(13)14)48-55(42-51,24-31(9)10)44-53(40-50,22-29(5)6)46-56(45-52,49-57)25-32(11)12/h27-36H,15-26H2,1-14H3/t34-,50?,51?,52?,53?,54?,55?,56?,57?/m1/s1. The van der Waals surface area contributed by atoms with Gasteiger partial charge in [-0.3, -0.25) is 0 Å². The summed E-state index contributed by atoms with van der Waals surface area (Å²) in [5.41, 5.74) is 0. The van der Waals surface area contributed by atoms with E-state index in [1.54, 1.807) is 0 Å². The van der Waals surface area contributed by atoms with Crippen LogP contribution in [0.4, 0.5) is 0 Å². The Bertz CT molecular complexity index is 1180. The molecule has 2 N–H and O–H groups in total. The molecule has 15 nitrogen and oxygen atoms in total. The van der Waals surface area contributed by atoms with Crippen LogP contribution in [0.1, 0.15) is 103 Å². The molecule has 0 radical (unpaired) electrons. The second kappa shape index (κ2) is 18.7. The van der Waals surface area contributed by atoms with Crippen molar-refractivity contribution in [3.8, 4) is 0 Å². The second-order valence-corrected chi connectivity index (χ2v) is 44.0. The maximum absolute atomic E-state index is 10.0. The van der Waals surface area contributed by atoms with Gasteiger partial charge in [-0.05, 0) is 47.8 Å². The first kappa shape index (κ1) is 49.2. The van der Waals surface area contributed by atoms with Gasteiger partial charge in [0.2, 0.25) is 0 Å². The van der Waals surface area contributed by atoms with Crippen LogP contribution in [0.2, 0.25) is 48.4 Å². The molecule has 0 aliphatic carbocycles. The van der Waals surface area contributed by atoms with Crippen molar-refractivity contribution in [2.24, 2.45) is 41.4 Å². The van der Waals surface area contributed by atoms with Gasteiger partial charge in [-0.25, -0.2) is 0 Å². The molecule has 23 heteroatoms. The molecule has 1 atom stereocenters. The summed E-state index contributed by atoms with van der Waals surface area (Å²) in [7, 11) is -31.8. The molecule has 0 aromatic carbocycles. The van der Waals surface area contributed by atoms with Crippen molar-refractivity contribution in [3.63, 3.8) is 0 Å². The van der Waals surface area contributed by atoms with Gasteiger partial charge in [-0.1, -0.05) is 96.9 Å². The van der Waals surface area contributed by atoms with E-state index in [-0.39, 0.29) is 61.2 Å². The molecule has 6 fully saturated rings. The minimum atomic E-state index is -4.07. The fourth-order valence-corrected chi connectivity index (χ4v) is 60.1. The van der Waals surface area contributed by atoms with Crippen LogP contribution in [0.15, 0.2) is 0 Å². The highest BCUT2D eigenvalue weighted by molar-refractivity contribution is 7.03. The third-order valence-electron chi connectivity index (χ3n) is 9.63. The third-order valence-corrected chi connectivity index (χ3v) is 49.7. The van der Waals surface area contributed by atoms with E-state index in [2.05, 4.69) is 96.9 Å². The van der Waals surface area contributed by atoms with Gasteiger partial charge in [0.05, 0.1) is 13.2 Å². The number of aliphatic hydroxyl groups is 2. The molecular formula is C34H76O15Si8. The number of aliphatic hydroxyl groups excluding tert-OH is 2. The van der Waals surface area contributed by atoms with Gasteiger partial charge in [-0.2, -0.15) is 0 Å². The molecule has 0 saturated carbocycles. The molecule has 0 unspecified atom stereocenters. The van der Waals surface area contributed by atoms with Gasteiger partial charge in [0, 0.05) is 55.0 Å². The van der Waals surface area contributed by atoms with E-state index in [9.17, 15) is 10.2 Å². The highest BCUT2D eigenvalue weighted by Gasteiger charge is 2.83. The van der Waals surface area contributed by atoms with Crippen LogP contribution in [0.5, 0.6) is 0 Å². The van der Waals surface area contributed by atoms with Crippen molar-refractivity contribution in [1.82, 2.24) is 0 Å². The lowest BCUT2D eigenvalue weighted by atomic mass is 10.3. The van der Waals surface area contributed by atoms with E-state index in [0.29, 0.717) is 54.8 Å². The van der Waals surface area contributed by atoms with E-state index in [0.717, 1.165) is 0 Å². The zero-order valence-corrected chi connectivity index (χ0v) is 45.3. The van der Waals surface area contributed by atoms with Crippen LogP contribution in [-0.4, -0.2) is 107 Å². The van der Waals surface area contributed by atoms with E-state index in [1.807, 2.05) is 0 Å². The second-order valence-electron chi connectivity index (χ2n) is 19.9. The average molecular weight is 950 g/mol. The van der Waals surface area contributed by atoms with Crippen LogP contribution in [0.3, 0.4) is 0 Å². The molecule has 57 heavy (non-hydrogen) atoms. The number of ether oxygens (including phenoxy) is 1. The van der Waals surface area contributed by atoms with Crippen molar-refractivity contribution < 1.29 is 64.3 Å². The number of rotatable bonds is 21. The van der Waals surface area contributed by atoms with Crippen LogP contribution in [-0.2, 0) is 54.1 Å². The van der Waals surface area contributed by atoms with Crippen LogP contribution in [0, 0.1) is 41.4 Å². The Labute approximate surface area is 352 Å². The molecule has 6 saturated heterocycles. The summed E-state index contributed by atoms with van der Waals surface area (Å²) >= 11 is 0. The van der Waals surface area contributed by atoms with Crippen molar-refractivity contribution >= 4 is 70.4 Å². The Hall–Kier alpha value is 1.14. The zero-order chi connectivity index (χ0) is 42.3. The normalized spacial score (nSPS) is 39.8. The predicted molar refractivity (Wildman–Crippen MR) is 230 cm³/mol. The molecule has 334 valence electrons. The first-order valence-electron chi connectivity index (χ1n) is 21.6. The molecule has 6 aliphatic heterocycles. The van der Waals surface area contributed by atoms with Gasteiger partial charge in [0.1, 0.15) is 6.10 Å². The van der Waals surface area contributed by atoms with Crippen molar-refractivity contribution in [3.05, 3.63) is 0 Å². The number of hydrogen-bond acceptors (Lipinski definition) is 15. The molecule has 6 rings (SSSR count). The molecule has 0 amide bonds. The smallest absolute Gasteiger partial charge is 0.394 e. The van der Waals surface area contributed by atoms with Crippen molar-refractivity contribution in [2.45, 2.75) is 158 Å². The van der Waals surface area contributed by atoms with E-state index in [1.165, 1.54) is 0 Å². The van der Waals surface area contributed by atoms with Crippen LogP contribution in [0.25, 0.3) is 0 Å². The van der Waals surface area contributed by atoms with Crippen molar-refractivity contribution in [1.29, 1.82) is 0 Å². The maximum Gasteiger partial charge on any atom is 0.479 e. The van der Waals surface area contributed by atoms with Gasteiger partial charge < -0.3 is 64.3 Å². The average Bonchev–Trinajstić information content (AvgIpc) is 2.94. The predicted octanol–water partition coefficient (Wildman–Crippen LogP) is 7.12. The minimum absolute atomic E-state index is 0.00754. The van der Waals surface area contributed by atoms with E-state index >= 15 is 0 Å². The fourth-order valence-electron chi connectivity index (χ4n) is 8.53. The van der Waals surface area contributed by atoms with Crippen LogP contribution < -0.4 is 0 Å². The van der Waals surface area contributed by atoms with E-state index < -0.39 is 76.5 Å². The Balaban J connectivity index is 1.88. The van der Waals surface area contributed by atoms with E-state index in [4.69, 9.17) is 54.1 Å². The first-order valence-corrected chi connectivity index (χ1v) is 37.1. The lowest BCUT2D eigenvalue weighted by Crippen LogP contribution is -2.88. The largest absolute Gasteiger partial charge is 0.479 e. The van der Waals surface area contributed by atoms with Gasteiger partial charge in [0.15, 0.2) is 0 Å². The van der Waals surface area contributed by atoms with Gasteiger partial charge in [0.25, 0.3) is 0 Å². The molecular weight excluding hydrogens is 873 g/mol. The SMILES string of the molecule is CC(C)C[Si]12O[Si]3(CCCOC[C@H](O)CO)O[Si]4(CC(C)C)O[Si](CC(C)C)(O1)O[Si]1(CC(C)C)O[Si](CC(C)C)(O2)O[Si](CC(C)C)(O3)O[Si](CC(C)C)(O4)O1. The van der Waals surface area contributed by atoms with Crippen LogP contribution >= 0.6 is 0 Å². The molecule has 6 aliphatic rings. The molecule has 0 spiro atoms. The van der Waals surface area contributed by atoms with Crippen molar-refractivity contribution in [2.75, 3.05) is 19.8 Å². The number of hydrogen-bond donors (Lipinski definition) is 2. The lowest BCUT2D eigenvalue weighted by molar-refractivity contribution is -0.0349. The molecule has 0 aromatic heterocycles. The Morgan fingerprint density at radius 1 is 0.368 bits per heavy atom. The molecule has 8 bridgehead atoms. The zero-order valence-electron chi connectivity index (χ0n) is 37.3. The third kappa shape index (κ3) is 12.2. The summed E-state index contributed by atoms with van der Waals surface area (Å²) in [5, 5.41) is 19.5. The first-order chi connectivity index (χ1) is 26.4. The summed E-state index contributed by atoms with van der Waals surface area (Å²) in [5.74, 6) is 0.612. The Morgan fingerprint density at radius 3 is 0.772 bits per heavy atom. The fraction of sp³-hybridized carbons (Fsp3) is 1.00. The summed E-state index contributed by atoms with van der Waals surface area (Å²) in [4.78, 5) is 0. The summed E-state index contributed by atoms with van der Waals surface area (Å²) < 4.78 is 98.8. The minimum Gasteiger partial charge on any atom is -0.394 e. The summed E-state index contributed by atoms with van der Waals surface area (Å²) in [6, 6.07) is 3.40. The monoisotopic (exact) mass is 948 g/mol. The summed E-state index contributed by atoms with van der Waals surface area (Å²) in [6.45, 7) is 29.8. The Kier molecular flexibility index (Phi) is 16.1. The quantitative estimate of drug-likeness (QED) is 0.0884. The topological polar surface area (TPSA) is 160 Å². The highest BCUT2D eigenvalue weighted by atomic mass is 28.6. The lowest BCUT2D eigenvalue weighted by Gasteiger charge is -2.64. The summed E-state index contributed by atoms with van der Waals surface area (Å²) in [6.07, 6.45) is -0.536. The van der Waals surface area contributed by atoms with Gasteiger partial charge in [-0.15, -0.1) is 0 Å². The maximum atomic E-state index is 10.0. The molecule has 0 aromatic rings. The highest BCUT2D eigenvalue weighted by Crippen LogP contribution is 2.55. The van der Waals surface area contributed by atoms with Gasteiger partial charge >= 0.3 is 70.4 Å². The Morgan fingerprint density at radius 2 is 0.579 bits per heavy atom. The molecule has 6 heterocycles.